The van der Waals surface area contributed by atoms with Crippen LogP contribution in [0.3, 0.4) is 0 Å². The summed E-state index contributed by atoms with van der Waals surface area (Å²) in [4.78, 5) is 22.3. The van der Waals surface area contributed by atoms with Crippen LogP contribution in [0.5, 0.6) is 0 Å². The van der Waals surface area contributed by atoms with Gasteiger partial charge in [0, 0.05) is 24.1 Å². The van der Waals surface area contributed by atoms with E-state index in [2.05, 4.69) is 5.32 Å². The third kappa shape index (κ3) is 4.31. The maximum absolute atomic E-state index is 11.9. The van der Waals surface area contributed by atoms with Crippen molar-refractivity contribution >= 4 is 17.3 Å². The lowest BCUT2D eigenvalue weighted by atomic mass is 10.1. The van der Waals surface area contributed by atoms with Crippen LogP contribution < -0.4 is 11.1 Å². The zero-order valence-corrected chi connectivity index (χ0v) is 12.1. The monoisotopic (exact) mass is 279 g/mol. The van der Waals surface area contributed by atoms with E-state index in [-0.39, 0.29) is 24.1 Å². The molecule has 0 fully saturated rings. The standard InChI is InChI=1S/C14H21N3O3/c1-4-5-11(15)7-14(18)16-12-8-13(17(19)20)10(3)6-9(12)2/h6,8,11H,4-5,7,15H2,1-3H3,(H,16,18). The van der Waals surface area contributed by atoms with Gasteiger partial charge in [-0.25, -0.2) is 0 Å². The Bertz CT molecular complexity index is 515. The molecule has 0 aliphatic rings. The van der Waals surface area contributed by atoms with Crippen molar-refractivity contribution in [1.82, 2.24) is 0 Å². The van der Waals surface area contributed by atoms with Crippen molar-refractivity contribution in [3.8, 4) is 0 Å². The van der Waals surface area contributed by atoms with Crippen LogP contribution >= 0.6 is 0 Å². The third-order valence-corrected chi connectivity index (χ3v) is 3.12. The first-order valence-corrected chi connectivity index (χ1v) is 6.66. The second-order valence-corrected chi connectivity index (χ2v) is 5.01. The first-order chi connectivity index (χ1) is 9.35. The minimum atomic E-state index is -0.451. The molecule has 1 unspecified atom stereocenters. The number of benzene rings is 1. The van der Waals surface area contributed by atoms with E-state index in [1.807, 2.05) is 6.92 Å². The number of amides is 1. The smallest absolute Gasteiger partial charge is 0.274 e. The molecular formula is C14H21N3O3. The Morgan fingerprint density at radius 2 is 2.05 bits per heavy atom. The number of hydrogen-bond donors (Lipinski definition) is 2. The second kappa shape index (κ2) is 7.00. The Kier molecular flexibility index (Phi) is 5.64. The highest BCUT2D eigenvalue weighted by Gasteiger charge is 2.16. The number of nitro groups is 1. The molecule has 1 aromatic rings. The minimum absolute atomic E-state index is 0.00348. The van der Waals surface area contributed by atoms with Gasteiger partial charge in [0.2, 0.25) is 5.91 Å². The van der Waals surface area contributed by atoms with Gasteiger partial charge < -0.3 is 11.1 Å². The van der Waals surface area contributed by atoms with Crippen molar-refractivity contribution in [2.45, 2.75) is 46.1 Å². The average Bonchev–Trinajstić information content (AvgIpc) is 2.32. The van der Waals surface area contributed by atoms with E-state index in [0.29, 0.717) is 11.3 Å². The maximum Gasteiger partial charge on any atom is 0.274 e. The number of nitrogens with two attached hydrogens (primary N) is 1. The van der Waals surface area contributed by atoms with Crippen molar-refractivity contribution < 1.29 is 9.72 Å². The fourth-order valence-corrected chi connectivity index (χ4v) is 2.08. The number of nitrogens with one attached hydrogen (secondary N) is 1. The highest BCUT2D eigenvalue weighted by atomic mass is 16.6. The van der Waals surface area contributed by atoms with Gasteiger partial charge in [-0.3, -0.25) is 14.9 Å². The summed E-state index contributed by atoms with van der Waals surface area (Å²) in [7, 11) is 0. The number of carbonyl (C=O) groups excluding carboxylic acids is 1. The lowest BCUT2D eigenvalue weighted by molar-refractivity contribution is -0.385. The summed E-state index contributed by atoms with van der Waals surface area (Å²) in [6.45, 7) is 5.48. The highest BCUT2D eigenvalue weighted by molar-refractivity contribution is 5.92. The van der Waals surface area contributed by atoms with E-state index in [0.717, 1.165) is 18.4 Å². The number of carbonyl (C=O) groups is 1. The molecule has 0 aliphatic carbocycles. The van der Waals surface area contributed by atoms with Gasteiger partial charge in [0.05, 0.1) is 10.6 Å². The van der Waals surface area contributed by atoms with Gasteiger partial charge in [-0.15, -0.1) is 0 Å². The van der Waals surface area contributed by atoms with Crippen molar-refractivity contribution in [2.75, 3.05) is 5.32 Å². The summed E-state index contributed by atoms with van der Waals surface area (Å²) in [5.41, 5.74) is 7.66. The molecule has 1 atom stereocenters. The molecule has 1 aromatic carbocycles. The summed E-state index contributed by atoms with van der Waals surface area (Å²) in [6.07, 6.45) is 1.92. The number of aryl methyl sites for hydroxylation is 2. The van der Waals surface area contributed by atoms with Crippen molar-refractivity contribution in [1.29, 1.82) is 0 Å². The Hall–Kier alpha value is -1.95. The lowest BCUT2D eigenvalue weighted by Crippen LogP contribution is -2.27. The molecule has 20 heavy (non-hydrogen) atoms. The van der Waals surface area contributed by atoms with Crippen LogP contribution in [0.25, 0.3) is 0 Å². The van der Waals surface area contributed by atoms with Crippen molar-refractivity contribution in [3.05, 3.63) is 33.4 Å². The summed E-state index contributed by atoms with van der Waals surface area (Å²) in [5.74, 6) is -0.216. The molecule has 6 heteroatoms. The quantitative estimate of drug-likeness (QED) is 0.617. The Morgan fingerprint density at radius 1 is 1.40 bits per heavy atom. The predicted octanol–water partition coefficient (Wildman–Crippen LogP) is 2.67. The number of nitrogens with zero attached hydrogens (tertiary/aromatic N) is 1. The molecule has 0 spiro atoms. The van der Waals surface area contributed by atoms with E-state index in [4.69, 9.17) is 5.73 Å². The molecule has 0 aromatic heterocycles. The van der Waals surface area contributed by atoms with Crippen LogP contribution in [-0.2, 0) is 4.79 Å². The lowest BCUT2D eigenvalue weighted by Gasteiger charge is -2.12. The van der Waals surface area contributed by atoms with Gasteiger partial charge in [-0.05, 0) is 31.9 Å². The fraction of sp³-hybridized carbons (Fsp3) is 0.500. The van der Waals surface area contributed by atoms with Gasteiger partial charge >= 0.3 is 0 Å². The first-order valence-electron chi connectivity index (χ1n) is 6.66. The number of hydrogen-bond acceptors (Lipinski definition) is 4. The van der Waals surface area contributed by atoms with Crippen LogP contribution in [0.2, 0.25) is 0 Å². The van der Waals surface area contributed by atoms with Gasteiger partial charge in [-0.2, -0.15) is 0 Å². The minimum Gasteiger partial charge on any atom is -0.327 e. The zero-order valence-electron chi connectivity index (χ0n) is 12.1. The van der Waals surface area contributed by atoms with E-state index < -0.39 is 4.92 Å². The van der Waals surface area contributed by atoms with E-state index >= 15 is 0 Å². The predicted molar refractivity (Wildman–Crippen MR) is 78.7 cm³/mol. The summed E-state index contributed by atoms with van der Waals surface area (Å²) < 4.78 is 0. The molecule has 0 radical (unpaired) electrons. The number of anilines is 1. The molecule has 6 nitrogen and oxygen atoms in total. The topological polar surface area (TPSA) is 98.3 Å². The van der Waals surface area contributed by atoms with Crippen LogP contribution in [0.15, 0.2) is 12.1 Å². The SMILES string of the molecule is CCCC(N)CC(=O)Nc1cc([N+](=O)[O-])c(C)cc1C. The van der Waals surface area contributed by atoms with Crippen LogP contribution in [-0.4, -0.2) is 16.9 Å². The van der Waals surface area contributed by atoms with Crippen LogP contribution in [0, 0.1) is 24.0 Å². The highest BCUT2D eigenvalue weighted by Crippen LogP contribution is 2.26. The van der Waals surface area contributed by atoms with Crippen molar-refractivity contribution in [3.63, 3.8) is 0 Å². The van der Waals surface area contributed by atoms with Crippen LogP contribution in [0.1, 0.15) is 37.3 Å². The maximum atomic E-state index is 11.9. The number of nitro benzene ring substituents is 1. The molecular weight excluding hydrogens is 258 g/mol. The second-order valence-electron chi connectivity index (χ2n) is 5.01. The van der Waals surface area contributed by atoms with E-state index in [1.165, 1.54) is 6.07 Å². The molecule has 0 heterocycles. The normalized spacial score (nSPS) is 12.0. The fourth-order valence-electron chi connectivity index (χ4n) is 2.08. The molecule has 0 aliphatic heterocycles. The van der Waals surface area contributed by atoms with E-state index in [1.54, 1.807) is 19.9 Å². The summed E-state index contributed by atoms with van der Waals surface area (Å²) in [6, 6.07) is 2.91. The summed E-state index contributed by atoms with van der Waals surface area (Å²) in [5, 5.41) is 13.6. The van der Waals surface area contributed by atoms with Gasteiger partial charge in [-0.1, -0.05) is 13.3 Å². The average molecular weight is 279 g/mol. The molecule has 0 saturated carbocycles. The largest absolute Gasteiger partial charge is 0.327 e. The van der Waals surface area contributed by atoms with Gasteiger partial charge in [0.1, 0.15) is 0 Å². The van der Waals surface area contributed by atoms with Gasteiger partial charge in [0.25, 0.3) is 5.69 Å². The first kappa shape index (κ1) is 16.1. The molecule has 1 amide bonds. The molecule has 3 N–H and O–H groups in total. The molecule has 0 bridgehead atoms. The Balaban J connectivity index is 2.84. The van der Waals surface area contributed by atoms with Crippen LogP contribution in [0.4, 0.5) is 11.4 Å². The Labute approximate surface area is 118 Å². The number of rotatable bonds is 6. The Morgan fingerprint density at radius 3 is 2.60 bits per heavy atom. The molecule has 0 saturated heterocycles. The van der Waals surface area contributed by atoms with Crippen molar-refractivity contribution in [2.24, 2.45) is 5.73 Å². The summed E-state index contributed by atoms with van der Waals surface area (Å²) >= 11 is 0. The van der Waals surface area contributed by atoms with E-state index in [9.17, 15) is 14.9 Å². The molecule has 1 rings (SSSR count). The zero-order chi connectivity index (χ0) is 15.3. The molecule has 110 valence electrons. The van der Waals surface area contributed by atoms with Gasteiger partial charge in [0.15, 0.2) is 0 Å². The third-order valence-electron chi connectivity index (χ3n) is 3.12.